The van der Waals surface area contributed by atoms with Crippen LogP contribution in [-0.2, 0) is 11.3 Å². The van der Waals surface area contributed by atoms with Crippen LogP contribution in [0, 0.1) is 5.82 Å². The molecule has 0 radical (unpaired) electrons. The zero-order valence-electron chi connectivity index (χ0n) is 14.7. The van der Waals surface area contributed by atoms with Crippen molar-refractivity contribution in [2.75, 3.05) is 6.61 Å². The van der Waals surface area contributed by atoms with E-state index in [0.717, 1.165) is 6.29 Å². The minimum atomic E-state index is -0.447. The lowest BCUT2D eigenvalue weighted by Gasteiger charge is -2.35. The van der Waals surface area contributed by atoms with Crippen molar-refractivity contribution in [1.29, 1.82) is 0 Å². The molecule has 0 saturated carbocycles. The third-order valence-electron chi connectivity index (χ3n) is 3.70. The maximum Gasteiger partial charge on any atom is 0.261 e. The van der Waals surface area contributed by atoms with Gasteiger partial charge in [0.25, 0.3) is 5.91 Å². The van der Waals surface area contributed by atoms with E-state index in [0.29, 0.717) is 16.9 Å². The van der Waals surface area contributed by atoms with Crippen LogP contribution in [0.15, 0.2) is 48.5 Å². The van der Waals surface area contributed by atoms with E-state index < -0.39 is 5.54 Å². The van der Waals surface area contributed by atoms with E-state index in [2.05, 4.69) is 0 Å². The molecule has 2 aromatic rings. The van der Waals surface area contributed by atoms with Crippen molar-refractivity contribution in [3.63, 3.8) is 0 Å². The van der Waals surface area contributed by atoms with Crippen LogP contribution >= 0.6 is 0 Å². The Hall–Kier alpha value is -2.69. The maximum atomic E-state index is 13.4. The Morgan fingerprint density at radius 3 is 2.52 bits per heavy atom. The summed E-state index contributed by atoms with van der Waals surface area (Å²) in [5.41, 5.74) is 0.751. The normalized spacial score (nSPS) is 11.0. The average Bonchev–Trinajstić information content (AvgIpc) is 2.57. The SMILES string of the molecule is CC(C)(C)N(Cc1cccc(F)c1)C(=O)COc1cccc(C=O)c1. The van der Waals surface area contributed by atoms with E-state index in [9.17, 15) is 14.0 Å². The summed E-state index contributed by atoms with van der Waals surface area (Å²) < 4.78 is 18.9. The Labute approximate surface area is 147 Å². The summed E-state index contributed by atoms with van der Waals surface area (Å²) in [6.45, 7) is 5.87. The Bertz CT molecular complexity index is 753. The zero-order chi connectivity index (χ0) is 18.4. The van der Waals surface area contributed by atoms with Gasteiger partial charge in [-0.1, -0.05) is 24.3 Å². The number of halogens is 1. The fourth-order valence-corrected chi connectivity index (χ4v) is 2.42. The quantitative estimate of drug-likeness (QED) is 0.749. The van der Waals surface area contributed by atoms with E-state index in [1.807, 2.05) is 20.8 Å². The number of ether oxygens (including phenoxy) is 1. The number of hydrogen-bond acceptors (Lipinski definition) is 3. The molecular weight excluding hydrogens is 321 g/mol. The van der Waals surface area contributed by atoms with Crippen LogP contribution in [0.25, 0.3) is 0 Å². The van der Waals surface area contributed by atoms with Crippen LogP contribution in [-0.4, -0.2) is 29.2 Å². The molecule has 4 nitrogen and oxygen atoms in total. The van der Waals surface area contributed by atoms with Crippen molar-refractivity contribution in [2.24, 2.45) is 0 Å². The molecule has 0 saturated heterocycles. The maximum absolute atomic E-state index is 13.4. The first-order chi connectivity index (χ1) is 11.8. The highest BCUT2D eigenvalue weighted by molar-refractivity contribution is 5.79. The number of carbonyl (C=O) groups excluding carboxylic acids is 2. The molecule has 0 fully saturated rings. The van der Waals surface area contributed by atoms with Crippen molar-refractivity contribution >= 4 is 12.2 Å². The molecule has 0 aromatic heterocycles. The number of rotatable bonds is 6. The van der Waals surface area contributed by atoms with Crippen LogP contribution in [0.3, 0.4) is 0 Å². The molecule has 0 bridgehead atoms. The van der Waals surface area contributed by atoms with Gasteiger partial charge in [-0.15, -0.1) is 0 Å². The molecule has 0 heterocycles. The molecule has 1 amide bonds. The van der Waals surface area contributed by atoms with Crippen molar-refractivity contribution in [3.05, 3.63) is 65.5 Å². The molecule has 25 heavy (non-hydrogen) atoms. The highest BCUT2D eigenvalue weighted by Gasteiger charge is 2.27. The molecule has 2 rings (SSSR count). The third-order valence-corrected chi connectivity index (χ3v) is 3.70. The number of aldehydes is 1. The molecule has 0 atom stereocenters. The van der Waals surface area contributed by atoms with Crippen LogP contribution in [0.5, 0.6) is 5.75 Å². The first-order valence-electron chi connectivity index (χ1n) is 8.02. The predicted molar refractivity (Wildman–Crippen MR) is 94.0 cm³/mol. The van der Waals surface area contributed by atoms with Gasteiger partial charge in [0.1, 0.15) is 17.9 Å². The predicted octanol–water partition coefficient (Wildman–Crippen LogP) is 3.84. The highest BCUT2D eigenvalue weighted by Crippen LogP contribution is 2.19. The van der Waals surface area contributed by atoms with Gasteiger partial charge >= 0.3 is 0 Å². The van der Waals surface area contributed by atoms with Crippen molar-refractivity contribution in [3.8, 4) is 5.75 Å². The molecule has 5 heteroatoms. The second-order valence-corrected chi connectivity index (χ2v) is 6.76. The zero-order valence-corrected chi connectivity index (χ0v) is 14.7. The van der Waals surface area contributed by atoms with Gasteiger partial charge in [0.2, 0.25) is 0 Å². The fourth-order valence-electron chi connectivity index (χ4n) is 2.42. The molecule has 0 N–H and O–H groups in total. The number of carbonyl (C=O) groups is 2. The van der Waals surface area contributed by atoms with Crippen molar-refractivity contribution in [2.45, 2.75) is 32.9 Å². The summed E-state index contributed by atoms with van der Waals surface area (Å²) in [4.78, 5) is 25.1. The van der Waals surface area contributed by atoms with Crippen LogP contribution in [0.4, 0.5) is 4.39 Å². The average molecular weight is 343 g/mol. The minimum absolute atomic E-state index is 0.158. The second-order valence-electron chi connectivity index (χ2n) is 6.76. The highest BCUT2D eigenvalue weighted by atomic mass is 19.1. The Balaban J connectivity index is 2.09. The van der Waals surface area contributed by atoms with Gasteiger partial charge in [-0.2, -0.15) is 0 Å². The Morgan fingerprint density at radius 2 is 1.88 bits per heavy atom. The van der Waals surface area contributed by atoms with E-state index in [4.69, 9.17) is 4.74 Å². The number of hydrogen-bond donors (Lipinski definition) is 0. The van der Waals surface area contributed by atoms with Crippen LogP contribution in [0.1, 0.15) is 36.7 Å². The molecule has 0 unspecified atom stereocenters. The molecule has 0 aliphatic carbocycles. The number of benzene rings is 2. The monoisotopic (exact) mass is 343 g/mol. The summed E-state index contributed by atoms with van der Waals surface area (Å²) in [6.07, 6.45) is 0.722. The lowest BCUT2D eigenvalue weighted by atomic mass is 10.0. The van der Waals surface area contributed by atoms with Gasteiger partial charge in [0.15, 0.2) is 6.61 Å². The summed E-state index contributed by atoms with van der Waals surface area (Å²) in [6, 6.07) is 12.8. The lowest BCUT2D eigenvalue weighted by molar-refractivity contribution is -0.139. The summed E-state index contributed by atoms with van der Waals surface area (Å²) in [7, 11) is 0. The van der Waals surface area contributed by atoms with E-state index in [1.54, 1.807) is 41.3 Å². The first kappa shape index (κ1) is 18.6. The van der Waals surface area contributed by atoms with Crippen LogP contribution < -0.4 is 4.74 Å². The Kier molecular flexibility index (Phi) is 5.91. The van der Waals surface area contributed by atoms with Gasteiger partial charge in [-0.05, 0) is 50.6 Å². The van der Waals surface area contributed by atoms with Gasteiger partial charge in [0.05, 0.1) is 0 Å². The standard InChI is InChI=1S/C20H22FNO3/c1-20(2,3)22(12-15-6-4-8-17(21)10-15)19(24)14-25-18-9-5-7-16(11-18)13-23/h4-11,13H,12,14H2,1-3H3. The van der Waals surface area contributed by atoms with Crippen LogP contribution in [0.2, 0.25) is 0 Å². The number of nitrogens with zero attached hydrogens (tertiary/aromatic N) is 1. The first-order valence-corrected chi connectivity index (χ1v) is 8.02. The largest absolute Gasteiger partial charge is 0.484 e. The smallest absolute Gasteiger partial charge is 0.261 e. The van der Waals surface area contributed by atoms with Gasteiger partial charge in [-0.25, -0.2) is 4.39 Å². The summed E-state index contributed by atoms with van der Waals surface area (Å²) in [5, 5.41) is 0. The molecular formula is C20H22FNO3. The summed E-state index contributed by atoms with van der Waals surface area (Å²) >= 11 is 0. The van der Waals surface area contributed by atoms with Gasteiger partial charge in [0, 0.05) is 17.6 Å². The minimum Gasteiger partial charge on any atom is -0.484 e. The van der Waals surface area contributed by atoms with Crippen molar-refractivity contribution in [1.82, 2.24) is 4.90 Å². The van der Waals surface area contributed by atoms with Crippen molar-refractivity contribution < 1.29 is 18.7 Å². The molecule has 0 aliphatic rings. The number of amides is 1. The summed E-state index contributed by atoms with van der Waals surface area (Å²) in [5.74, 6) is -0.0911. The molecule has 0 spiro atoms. The fraction of sp³-hybridized carbons (Fsp3) is 0.300. The van der Waals surface area contributed by atoms with E-state index in [-0.39, 0.29) is 24.9 Å². The van der Waals surface area contributed by atoms with E-state index >= 15 is 0 Å². The van der Waals surface area contributed by atoms with Gasteiger partial charge < -0.3 is 9.64 Å². The molecule has 0 aliphatic heterocycles. The third kappa shape index (κ3) is 5.41. The molecule has 2 aromatic carbocycles. The lowest BCUT2D eigenvalue weighted by Crippen LogP contribution is -2.47. The molecule has 132 valence electrons. The second kappa shape index (κ2) is 7.92. The van der Waals surface area contributed by atoms with Gasteiger partial charge in [-0.3, -0.25) is 9.59 Å². The van der Waals surface area contributed by atoms with E-state index in [1.165, 1.54) is 12.1 Å². The topological polar surface area (TPSA) is 46.6 Å². The Morgan fingerprint density at radius 1 is 1.16 bits per heavy atom.